The lowest BCUT2D eigenvalue weighted by atomic mass is 9.81. The van der Waals surface area contributed by atoms with Crippen LogP contribution in [0.2, 0.25) is 0 Å². The summed E-state index contributed by atoms with van der Waals surface area (Å²) in [5, 5.41) is 10.5. The quantitative estimate of drug-likeness (QED) is 0.643. The minimum atomic E-state index is -0.495. The first-order chi connectivity index (χ1) is 6.18. The van der Waals surface area contributed by atoms with Crippen LogP contribution in [0.15, 0.2) is 0 Å². The Bertz CT molecular complexity index is 197. The van der Waals surface area contributed by atoms with Gasteiger partial charge in [-0.05, 0) is 38.3 Å². The minimum absolute atomic E-state index is 0.237. The summed E-state index contributed by atoms with van der Waals surface area (Å²) in [6.07, 6.45) is 3.31. The van der Waals surface area contributed by atoms with Crippen molar-refractivity contribution < 1.29 is 5.11 Å². The fraction of sp³-hybridized carbons (Fsp3) is 1.00. The van der Waals surface area contributed by atoms with Crippen molar-refractivity contribution in [3.05, 3.63) is 0 Å². The lowest BCUT2D eigenvalue weighted by Gasteiger charge is -2.34. The summed E-state index contributed by atoms with van der Waals surface area (Å²) in [5.74, 6) is 0.237. The van der Waals surface area contributed by atoms with Crippen LogP contribution in [0.5, 0.6) is 0 Å². The third kappa shape index (κ3) is 1.30. The number of fused-ring (bicyclic) bond motifs is 1. The molecule has 0 saturated carbocycles. The van der Waals surface area contributed by atoms with E-state index in [4.69, 9.17) is 5.73 Å². The van der Waals surface area contributed by atoms with Crippen LogP contribution in [0.3, 0.4) is 0 Å². The van der Waals surface area contributed by atoms with Crippen LogP contribution in [0.1, 0.15) is 26.2 Å². The van der Waals surface area contributed by atoms with Gasteiger partial charge in [-0.1, -0.05) is 6.92 Å². The molecule has 3 unspecified atom stereocenters. The molecule has 2 saturated heterocycles. The molecule has 2 aliphatic rings. The van der Waals surface area contributed by atoms with E-state index in [1.165, 1.54) is 13.0 Å². The summed E-state index contributed by atoms with van der Waals surface area (Å²) in [6.45, 7) is 4.90. The van der Waals surface area contributed by atoms with Crippen LogP contribution in [0.25, 0.3) is 0 Å². The van der Waals surface area contributed by atoms with Crippen molar-refractivity contribution in [1.82, 2.24) is 4.90 Å². The van der Waals surface area contributed by atoms with Crippen LogP contribution >= 0.6 is 0 Å². The standard InChI is InChI=1S/C10H20N2O/c1-8(7-11)10(13)4-6-12-5-2-3-9(10)12/h8-9,13H,2-7,11H2,1H3. The van der Waals surface area contributed by atoms with E-state index in [0.29, 0.717) is 12.6 Å². The Balaban J connectivity index is 2.14. The smallest absolute Gasteiger partial charge is 0.0851 e. The SMILES string of the molecule is CC(CN)C1(O)CCN2CCCC21. The third-order valence-electron chi connectivity index (χ3n) is 3.95. The molecule has 0 aromatic carbocycles. The van der Waals surface area contributed by atoms with Gasteiger partial charge in [0.15, 0.2) is 0 Å². The van der Waals surface area contributed by atoms with Crippen LogP contribution < -0.4 is 5.73 Å². The molecule has 0 aromatic rings. The molecular formula is C10H20N2O. The van der Waals surface area contributed by atoms with Gasteiger partial charge in [0.1, 0.15) is 0 Å². The number of aliphatic hydroxyl groups is 1. The largest absolute Gasteiger partial charge is 0.388 e. The molecule has 3 atom stereocenters. The fourth-order valence-corrected chi connectivity index (χ4v) is 2.93. The number of hydrogen-bond donors (Lipinski definition) is 2. The van der Waals surface area contributed by atoms with E-state index in [2.05, 4.69) is 11.8 Å². The molecule has 3 nitrogen and oxygen atoms in total. The highest BCUT2D eigenvalue weighted by atomic mass is 16.3. The van der Waals surface area contributed by atoms with Crippen molar-refractivity contribution in [2.75, 3.05) is 19.6 Å². The van der Waals surface area contributed by atoms with E-state index >= 15 is 0 Å². The molecule has 76 valence electrons. The van der Waals surface area contributed by atoms with E-state index in [0.717, 1.165) is 19.4 Å². The summed E-state index contributed by atoms with van der Waals surface area (Å²) in [6, 6.07) is 0.394. The summed E-state index contributed by atoms with van der Waals surface area (Å²) >= 11 is 0. The zero-order valence-corrected chi connectivity index (χ0v) is 8.37. The van der Waals surface area contributed by atoms with Crippen molar-refractivity contribution in [3.63, 3.8) is 0 Å². The van der Waals surface area contributed by atoms with Crippen LogP contribution in [-0.2, 0) is 0 Å². The van der Waals surface area contributed by atoms with E-state index in [9.17, 15) is 5.11 Å². The van der Waals surface area contributed by atoms with Gasteiger partial charge in [0.05, 0.1) is 5.60 Å². The van der Waals surface area contributed by atoms with E-state index in [-0.39, 0.29) is 5.92 Å². The predicted octanol–water partition coefficient (Wildman–Crippen LogP) is 0.180. The lowest BCUT2D eigenvalue weighted by Crippen LogP contribution is -2.48. The second-order valence-corrected chi connectivity index (χ2v) is 4.57. The van der Waals surface area contributed by atoms with Gasteiger partial charge in [-0.15, -0.1) is 0 Å². The maximum absolute atomic E-state index is 10.5. The van der Waals surface area contributed by atoms with Crippen molar-refractivity contribution in [1.29, 1.82) is 0 Å². The Kier molecular flexibility index (Phi) is 2.34. The lowest BCUT2D eigenvalue weighted by molar-refractivity contribution is -0.0305. The van der Waals surface area contributed by atoms with Gasteiger partial charge in [0.25, 0.3) is 0 Å². The van der Waals surface area contributed by atoms with E-state index in [1.54, 1.807) is 0 Å². The molecule has 0 bridgehead atoms. The molecule has 13 heavy (non-hydrogen) atoms. The van der Waals surface area contributed by atoms with Gasteiger partial charge >= 0.3 is 0 Å². The van der Waals surface area contributed by atoms with Gasteiger partial charge in [0.2, 0.25) is 0 Å². The van der Waals surface area contributed by atoms with E-state index in [1.807, 2.05) is 0 Å². The molecule has 2 fully saturated rings. The molecule has 3 heteroatoms. The van der Waals surface area contributed by atoms with Crippen molar-refractivity contribution in [2.24, 2.45) is 11.7 Å². The molecular weight excluding hydrogens is 164 g/mol. The number of nitrogens with two attached hydrogens (primary N) is 1. The zero-order chi connectivity index (χ0) is 9.47. The summed E-state index contributed by atoms with van der Waals surface area (Å²) in [7, 11) is 0. The highest BCUT2D eigenvalue weighted by molar-refractivity contribution is 5.05. The number of rotatable bonds is 2. The molecule has 0 aliphatic carbocycles. The van der Waals surface area contributed by atoms with Crippen molar-refractivity contribution in [2.45, 2.75) is 37.8 Å². The monoisotopic (exact) mass is 184 g/mol. The average Bonchev–Trinajstić information content (AvgIpc) is 2.69. The maximum Gasteiger partial charge on any atom is 0.0851 e. The minimum Gasteiger partial charge on any atom is -0.388 e. The molecule has 0 aromatic heterocycles. The summed E-state index contributed by atoms with van der Waals surface area (Å²) in [5.41, 5.74) is 5.15. The topological polar surface area (TPSA) is 49.5 Å². The van der Waals surface area contributed by atoms with E-state index < -0.39 is 5.60 Å². The second kappa shape index (κ2) is 3.23. The maximum atomic E-state index is 10.5. The van der Waals surface area contributed by atoms with Crippen LogP contribution in [-0.4, -0.2) is 41.3 Å². The normalized spacial score (nSPS) is 42.2. The van der Waals surface area contributed by atoms with Gasteiger partial charge in [-0.25, -0.2) is 0 Å². The molecule has 2 heterocycles. The van der Waals surface area contributed by atoms with Gasteiger partial charge in [0, 0.05) is 12.6 Å². The average molecular weight is 184 g/mol. The third-order valence-corrected chi connectivity index (χ3v) is 3.95. The Labute approximate surface area is 79.9 Å². The second-order valence-electron chi connectivity index (χ2n) is 4.57. The Morgan fingerprint density at radius 1 is 1.62 bits per heavy atom. The Morgan fingerprint density at radius 3 is 3.08 bits per heavy atom. The first-order valence-corrected chi connectivity index (χ1v) is 5.35. The molecule has 2 aliphatic heterocycles. The summed E-state index contributed by atoms with van der Waals surface area (Å²) < 4.78 is 0. The van der Waals surface area contributed by atoms with Gasteiger partial charge in [-0.3, -0.25) is 4.90 Å². The first-order valence-electron chi connectivity index (χ1n) is 5.35. The molecule has 0 spiro atoms. The van der Waals surface area contributed by atoms with Gasteiger partial charge in [-0.2, -0.15) is 0 Å². The molecule has 2 rings (SSSR count). The highest BCUT2D eigenvalue weighted by Gasteiger charge is 2.50. The highest BCUT2D eigenvalue weighted by Crippen LogP contribution is 2.40. The van der Waals surface area contributed by atoms with Crippen molar-refractivity contribution >= 4 is 0 Å². The fourth-order valence-electron chi connectivity index (χ4n) is 2.93. The predicted molar refractivity (Wildman–Crippen MR) is 52.4 cm³/mol. The zero-order valence-electron chi connectivity index (χ0n) is 8.37. The first kappa shape index (κ1) is 9.44. The molecule has 3 N–H and O–H groups in total. The summed E-state index contributed by atoms with van der Waals surface area (Å²) in [4.78, 5) is 2.42. The number of nitrogens with zero attached hydrogens (tertiary/aromatic N) is 1. The van der Waals surface area contributed by atoms with Gasteiger partial charge < -0.3 is 10.8 Å². The molecule has 0 amide bonds. The number of hydrogen-bond acceptors (Lipinski definition) is 3. The van der Waals surface area contributed by atoms with Crippen LogP contribution in [0.4, 0.5) is 0 Å². The van der Waals surface area contributed by atoms with Crippen LogP contribution in [0, 0.1) is 5.92 Å². The molecule has 0 radical (unpaired) electrons. The Hall–Kier alpha value is -0.120. The Morgan fingerprint density at radius 2 is 2.38 bits per heavy atom. The van der Waals surface area contributed by atoms with Crippen molar-refractivity contribution in [3.8, 4) is 0 Å².